The predicted molar refractivity (Wildman–Crippen MR) is 117 cm³/mol. The van der Waals surface area contributed by atoms with Gasteiger partial charge < -0.3 is 9.47 Å². The van der Waals surface area contributed by atoms with Crippen LogP contribution in [0, 0.1) is 23.3 Å². The number of aromatic nitrogens is 2. The Bertz CT molecular complexity index is 1400. The van der Waals surface area contributed by atoms with E-state index in [4.69, 9.17) is 11.6 Å². The highest BCUT2D eigenvalue weighted by Crippen LogP contribution is 2.38. The minimum absolute atomic E-state index is 0.214. The number of sulfonamides is 1. The van der Waals surface area contributed by atoms with E-state index in [2.05, 4.69) is 4.98 Å². The smallest absolute Gasteiger partial charge is 0.268 e. The summed E-state index contributed by atoms with van der Waals surface area (Å²) in [5.74, 6) is -10.5. The minimum Gasteiger partial charge on any atom is -0.304 e. The van der Waals surface area contributed by atoms with E-state index in [1.165, 1.54) is 10.6 Å². The number of rotatable bonds is 5. The summed E-state index contributed by atoms with van der Waals surface area (Å²) in [5, 5.41) is 0.214. The summed E-state index contributed by atoms with van der Waals surface area (Å²) in [6, 6.07) is 4.24. The molecule has 4 rings (SSSR count). The first kappa shape index (κ1) is 25.6. The Morgan fingerprint density at radius 2 is 1.77 bits per heavy atom. The summed E-state index contributed by atoms with van der Waals surface area (Å²) in [4.78, 5) is 4.14. The second-order valence-corrected chi connectivity index (χ2v) is 10.3. The van der Waals surface area contributed by atoms with Gasteiger partial charge in [0, 0.05) is 12.6 Å². The van der Waals surface area contributed by atoms with E-state index >= 15 is 0 Å². The Morgan fingerprint density at radius 3 is 2.46 bits per heavy atom. The number of imidazole rings is 1. The number of benzene rings is 2. The molecule has 0 saturated carbocycles. The molecule has 1 saturated heterocycles. The molecule has 1 aliphatic heterocycles. The molecular formula is C21H19ClF6N4O2S. The lowest BCUT2D eigenvalue weighted by molar-refractivity contribution is 0.139. The molecule has 3 aromatic rings. The highest BCUT2D eigenvalue weighted by molar-refractivity contribution is 7.92. The SMILES string of the molecule is CN1CCCC[C@@H](n2c(NS(=O)(=O)c3c(F)c(F)c(F)c(F)c3C(F)F)nc3cccc(Cl)c32)C1. The van der Waals surface area contributed by atoms with Crippen LogP contribution in [0.4, 0.5) is 32.3 Å². The fourth-order valence-corrected chi connectivity index (χ4v) is 5.85. The maximum Gasteiger partial charge on any atom is 0.268 e. The van der Waals surface area contributed by atoms with Gasteiger partial charge in [0.1, 0.15) is 4.90 Å². The number of likely N-dealkylation sites (tertiary alicyclic amines) is 1. The number of anilines is 1. The third-order valence-corrected chi connectivity index (χ3v) is 7.54. The van der Waals surface area contributed by atoms with Crippen LogP contribution < -0.4 is 4.72 Å². The fourth-order valence-electron chi connectivity index (χ4n) is 4.31. The van der Waals surface area contributed by atoms with Crippen molar-refractivity contribution in [2.45, 2.75) is 36.6 Å². The zero-order valence-corrected chi connectivity index (χ0v) is 19.7. The van der Waals surface area contributed by atoms with Crippen molar-refractivity contribution in [2.24, 2.45) is 0 Å². The molecule has 0 unspecified atom stereocenters. The monoisotopic (exact) mass is 540 g/mol. The topological polar surface area (TPSA) is 67.2 Å². The van der Waals surface area contributed by atoms with E-state index in [0.717, 1.165) is 19.4 Å². The molecule has 0 bridgehead atoms. The predicted octanol–water partition coefficient (Wildman–Crippen LogP) is 5.64. The molecule has 6 nitrogen and oxygen atoms in total. The van der Waals surface area contributed by atoms with Crippen LogP contribution in [0.3, 0.4) is 0 Å². The number of halogens is 7. The van der Waals surface area contributed by atoms with Crippen molar-refractivity contribution in [2.75, 3.05) is 24.9 Å². The lowest BCUT2D eigenvalue weighted by Gasteiger charge is -2.24. The molecule has 0 aliphatic carbocycles. The van der Waals surface area contributed by atoms with Gasteiger partial charge >= 0.3 is 0 Å². The first-order valence-electron chi connectivity index (χ1n) is 10.5. The summed E-state index contributed by atoms with van der Waals surface area (Å²) in [6.07, 6.45) is -1.75. The van der Waals surface area contributed by atoms with E-state index in [1.54, 1.807) is 12.1 Å². The fraction of sp³-hybridized carbons (Fsp3) is 0.381. The zero-order chi connectivity index (χ0) is 25.7. The number of para-hydroxylation sites is 1. The molecule has 35 heavy (non-hydrogen) atoms. The van der Waals surface area contributed by atoms with Gasteiger partial charge in [-0.15, -0.1) is 0 Å². The number of likely N-dealkylation sites (N-methyl/N-ethyl adjacent to an activating group) is 1. The first-order valence-corrected chi connectivity index (χ1v) is 12.3. The van der Waals surface area contributed by atoms with Gasteiger partial charge in [0.05, 0.1) is 21.6 Å². The molecular weight excluding hydrogens is 522 g/mol. The van der Waals surface area contributed by atoms with Gasteiger partial charge in [-0.05, 0) is 38.6 Å². The van der Waals surface area contributed by atoms with Gasteiger partial charge in [0.25, 0.3) is 16.4 Å². The molecule has 2 aromatic carbocycles. The molecule has 190 valence electrons. The Kier molecular flexibility index (Phi) is 6.95. The van der Waals surface area contributed by atoms with Crippen molar-refractivity contribution in [3.8, 4) is 0 Å². The lowest BCUT2D eigenvalue weighted by Crippen LogP contribution is -2.28. The van der Waals surface area contributed by atoms with Crippen molar-refractivity contribution in [1.29, 1.82) is 0 Å². The summed E-state index contributed by atoms with van der Waals surface area (Å²) >= 11 is 6.36. The normalized spacial score (nSPS) is 17.8. The highest BCUT2D eigenvalue weighted by atomic mass is 35.5. The summed E-state index contributed by atoms with van der Waals surface area (Å²) in [5.41, 5.74) is -1.55. The van der Waals surface area contributed by atoms with Crippen molar-refractivity contribution >= 4 is 38.6 Å². The minimum atomic E-state index is -5.42. The zero-order valence-electron chi connectivity index (χ0n) is 18.1. The number of nitrogens with zero attached hydrogens (tertiary/aromatic N) is 3. The van der Waals surface area contributed by atoms with E-state index in [9.17, 15) is 34.8 Å². The molecule has 2 heterocycles. The van der Waals surface area contributed by atoms with Crippen LogP contribution in [0.5, 0.6) is 0 Å². The van der Waals surface area contributed by atoms with Crippen LogP contribution in [-0.2, 0) is 10.0 Å². The van der Waals surface area contributed by atoms with Gasteiger partial charge in [0.15, 0.2) is 23.3 Å². The molecule has 1 fully saturated rings. The van der Waals surface area contributed by atoms with Gasteiger partial charge in [-0.2, -0.15) is 0 Å². The molecule has 14 heteroatoms. The third-order valence-electron chi connectivity index (χ3n) is 5.85. The van der Waals surface area contributed by atoms with Crippen LogP contribution in [0.1, 0.15) is 37.3 Å². The van der Waals surface area contributed by atoms with Gasteiger partial charge in [0.2, 0.25) is 5.95 Å². The number of alkyl halides is 2. The standard InChI is InChI=1S/C21H19ClF6N4O2S/c1-31-8-3-2-5-10(9-31)32-18-11(22)6-4-7-12(18)29-21(32)30-35(33,34)19-13(20(27)28)14(23)15(24)16(25)17(19)26/h4,6-7,10,20H,2-3,5,8-9H2,1H3,(H,29,30)/t10-/m1/s1. The van der Waals surface area contributed by atoms with Gasteiger partial charge in [-0.1, -0.05) is 24.1 Å². The van der Waals surface area contributed by atoms with Crippen molar-refractivity contribution in [3.63, 3.8) is 0 Å². The lowest BCUT2D eigenvalue weighted by atomic mass is 10.1. The second kappa shape index (κ2) is 9.51. The molecule has 0 spiro atoms. The van der Waals surface area contributed by atoms with Crippen LogP contribution >= 0.6 is 11.6 Å². The average Bonchev–Trinajstić information content (AvgIpc) is 3.00. The largest absolute Gasteiger partial charge is 0.304 e. The van der Waals surface area contributed by atoms with Crippen molar-refractivity contribution in [3.05, 3.63) is 52.1 Å². The molecule has 1 aromatic heterocycles. The number of hydrogen-bond acceptors (Lipinski definition) is 4. The van der Waals surface area contributed by atoms with E-state index in [-0.39, 0.29) is 16.6 Å². The van der Waals surface area contributed by atoms with Crippen LogP contribution in [0.25, 0.3) is 11.0 Å². The van der Waals surface area contributed by atoms with E-state index in [1.807, 2.05) is 16.7 Å². The van der Waals surface area contributed by atoms with Gasteiger partial charge in [-0.25, -0.2) is 44.5 Å². The van der Waals surface area contributed by atoms with Crippen molar-refractivity contribution < 1.29 is 34.8 Å². The van der Waals surface area contributed by atoms with E-state index in [0.29, 0.717) is 18.5 Å². The Labute approximate surface area is 201 Å². The molecule has 1 atom stereocenters. The molecule has 0 amide bonds. The highest BCUT2D eigenvalue weighted by Gasteiger charge is 2.38. The summed E-state index contributed by atoms with van der Waals surface area (Å²) in [7, 11) is -3.56. The quantitative estimate of drug-likeness (QED) is 0.258. The van der Waals surface area contributed by atoms with Gasteiger partial charge in [-0.3, -0.25) is 0 Å². The van der Waals surface area contributed by atoms with Crippen molar-refractivity contribution in [1.82, 2.24) is 14.5 Å². The second-order valence-electron chi connectivity index (χ2n) is 8.23. The van der Waals surface area contributed by atoms with Crippen LogP contribution in [-0.4, -0.2) is 43.0 Å². The number of nitrogens with one attached hydrogen (secondary N) is 1. The molecule has 0 radical (unpaired) electrons. The molecule has 1 N–H and O–H groups in total. The molecule has 1 aliphatic rings. The van der Waals surface area contributed by atoms with E-state index < -0.39 is 56.1 Å². The Morgan fingerprint density at radius 1 is 1.09 bits per heavy atom. The van der Waals surface area contributed by atoms with Crippen LogP contribution in [0.15, 0.2) is 23.1 Å². The maximum atomic E-state index is 14.5. The number of fused-ring (bicyclic) bond motifs is 1. The third kappa shape index (κ3) is 4.56. The Balaban J connectivity index is 1.92. The number of hydrogen-bond donors (Lipinski definition) is 1. The summed E-state index contributed by atoms with van der Waals surface area (Å²) < 4.78 is 113. The maximum absolute atomic E-state index is 14.5. The van der Waals surface area contributed by atoms with Crippen LogP contribution in [0.2, 0.25) is 5.02 Å². The summed E-state index contributed by atoms with van der Waals surface area (Å²) in [6.45, 7) is 1.22. The Hall–Kier alpha value is -2.51. The average molecular weight is 541 g/mol. The first-order chi connectivity index (χ1) is 16.4.